The Hall–Kier alpha value is -2.57. The highest BCUT2D eigenvalue weighted by molar-refractivity contribution is 6.30. The number of halogens is 1. The number of amides is 1. The SMILES string of the molecule is CCCC(C)OCC(C)CCN(C)c1ccc(CNC(=O)c2c(CC)nc3cc(Cl)ccn23)cc1. The normalized spacial score (nSPS) is 13.1. The molecule has 2 atom stereocenters. The molecule has 3 aromatic rings. The summed E-state index contributed by atoms with van der Waals surface area (Å²) in [5.41, 5.74) is 4.23. The Kier molecular flexibility index (Phi) is 9.99. The summed E-state index contributed by atoms with van der Waals surface area (Å²) in [5, 5.41) is 3.65. The molecule has 1 amide bonds. The Labute approximate surface area is 214 Å². The number of nitrogens with zero attached hydrogens (tertiary/aromatic N) is 3. The molecule has 7 heteroatoms. The molecule has 0 radical (unpaired) electrons. The molecule has 190 valence electrons. The van der Waals surface area contributed by atoms with Gasteiger partial charge in [0.15, 0.2) is 0 Å². The zero-order chi connectivity index (χ0) is 25.4. The molecule has 0 fully saturated rings. The van der Waals surface area contributed by atoms with E-state index in [1.165, 1.54) is 5.69 Å². The first kappa shape index (κ1) is 27.0. The van der Waals surface area contributed by atoms with Crippen LogP contribution in [0.2, 0.25) is 5.02 Å². The molecule has 6 nitrogen and oxygen atoms in total. The minimum atomic E-state index is -0.137. The number of carbonyl (C=O) groups is 1. The first-order valence-electron chi connectivity index (χ1n) is 12.7. The van der Waals surface area contributed by atoms with Gasteiger partial charge in [0.2, 0.25) is 0 Å². The first-order valence-corrected chi connectivity index (χ1v) is 13.1. The number of benzene rings is 1. The number of anilines is 1. The van der Waals surface area contributed by atoms with Crippen LogP contribution in [0.15, 0.2) is 42.6 Å². The summed E-state index contributed by atoms with van der Waals surface area (Å²) in [6, 6.07) is 11.9. The largest absolute Gasteiger partial charge is 0.378 e. The Bertz CT molecular complexity index is 1100. The van der Waals surface area contributed by atoms with Crippen LogP contribution in [0, 0.1) is 5.92 Å². The monoisotopic (exact) mass is 498 g/mol. The van der Waals surface area contributed by atoms with Crippen LogP contribution < -0.4 is 10.2 Å². The molecular weight excluding hydrogens is 460 g/mol. The average molecular weight is 499 g/mol. The first-order chi connectivity index (χ1) is 16.8. The van der Waals surface area contributed by atoms with Gasteiger partial charge in [-0.15, -0.1) is 0 Å². The van der Waals surface area contributed by atoms with Crippen molar-refractivity contribution in [1.29, 1.82) is 0 Å². The third kappa shape index (κ3) is 7.45. The van der Waals surface area contributed by atoms with Crippen LogP contribution in [0.4, 0.5) is 5.69 Å². The van der Waals surface area contributed by atoms with E-state index in [9.17, 15) is 4.79 Å². The van der Waals surface area contributed by atoms with Crippen molar-refractivity contribution in [3.05, 3.63) is 64.6 Å². The molecule has 2 aromatic heterocycles. The lowest BCUT2D eigenvalue weighted by atomic mass is 10.1. The number of aromatic nitrogens is 2. The van der Waals surface area contributed by atoms with Gasteiger partial charge in [0.05, 0.1) is 11.8 Å². The Morgan fingerprint density at radius 2 is 1.91 bits per heavy atom. The van der Waals surface area contributed by atoms with E-state index in [4.69, 9.17) is 16.3 Å². The van der Waals surface area contributed by atoms with Crippen LogP contribution in [-0.4, -0.2) is 41.6 Å². The number of hydrogen-bond donors (Lipinski definition) is 1. The second-order valence-electron chi connectivity index (χ2n) is 9.43. The van der Waals surface area contributed by atoms with Crippen molar-refractivity contribution in [2.45, 2.75) is 66.0 Å². The van der Waals surface area contributed by atoms with Crippen molar-refractivity contribution < 1.29 is 9.53 Å². The number of hydrogen-bond acceptors (Lipinski definition) is 4. The highest BCUT2D eigenvalue weighted by atomic mass is 35.5. The Balaban J connectivity index is 1.51. The van der Waals surface area contributed by atoms with Crippen LogP contribution in [0.5, 0.6) is 0 Å². The van der Waals surface area contributed by atoms with Crippen LogP contribution in [-0.2, 0) is 17.7 Å². The molecule has 2 unspecified atom stereocenters. The van der Waals surface area contributed by atoms with Gasteiger partial charge in [-0.2, -0.15) is 0 Å². The van der Waals surface area contributed by atoms with Gasteiger partial charge in [-0.25, -0.2) is 4.98 Å². The van der Waals surface area contributed by atoms with Crippen molar-refractivity contribution >= 4 is 28.8 Å². The van der Waals surface area contributed by atoms with Gasteiger partial charge < -0.3 is 15.0 Å². The molecule has 3 rings (SSSR count). The fraction of sp³-hybridized carbons (Fsp3) is 0.500. The maximum atomic E-state index is 13.0. The van der Waals surface area contributed by atoms with Gasteiger partial charge in [-0.05, 0) is 55.9 Å². The molecule has 0 bridgehead atoms. The minimum absolute atomic E-state index is 0.137. The summed E-state index contributed by atoms with van der Waals surface area (Å²) in [5.74, 6) is 0.386. The van der Waals surface area contributed by atoms with E-state index in [1.807, 2.05) is 6.92 Å². The molecule has 0 saturated heterocycles. The number of nitrogens with one attached hydrogen (secondary N) is 1. The molecular formula is C28H39ClN4O2. The maximum Gasteiger partial charge on any atom is 0.270 e. The van der Waals surface area contributed by atoms with Crippen molar-refractivity contribution in [1.82, 2.24) is 14.7 Å². The summed E-state index contributed by atoms with van der Waals surface area (Å²) in [6.07, 6.45) is 6.17. The summed E-state index contributed by atoms with van der Waals surface area (Å²) in [7, 11) is 2.12. The number of carbonyl (C=O) groups excluding carboxylic acids is 1. The van der Waals surface area contributed by atoms with Gasteiger partial charge in [-0.3, -0.25) is 9.20 Å². The van der Waals surface area contributed by atoms with E-state index < -0.39 is 0 Å². The lowest BCUT2D eigenvalue weighted by Gasteiger charge is -2.23. The summed E-state index contributed by atoms with van der Waals surface area (Å²) >= 11 is 6.09. The molecule has 1 aromatic carbocycles. The molecule has 0 saturated carbocycles. The van der Waals surface area contributed by atoms with Crippen LogP contribution in [0.1, 0.15) is 68.7 Å². The van der Waals surface area contributed by atoms with Crippen LogP contribution in [0.25, 0.3) is 5.65 Å². The second-order valence-corrected chi connectivity index (χ2v) is 9.87. The molecule has 1 N–H and O–H groups in total. The predicted octanol–water partition coefficient (Wildman–Crippen LogP) is 6.15. The average Bonchev–Trinajstić information content (AvgIpc) is 3.22. The van der Waals surface area contributed by atoms with Crippen LogP contribution in [0.3, 0.4) is 0 Å². The van der Waals surface area contributed by atoms with Crippen molar-refractivity contribution in [3.63, 3.8) is 0 Å². The van der Waals surface area contributed by atoms with E-state index in [1.54, 1.807) is 22.7 Å². The smallest absolute Gasteiger partial charge is 0.270 e. The lowest BCUT2D eigenvalue weighted by Crippen LogP contribution is -2.25. The van der Waals surface area contributed by atoms with E-state index >= 15 is 0 Å². The number of pyridine rings is 1. The number of imidazole rings is 1. The van der Waals surface area contributed by atoms with Crippen LogP contribution >= 0.6 is 11.6 Å². The number of rotatable bonds is 13. The summed E-state index contributed by atoms with van der Waals surface area (Å²) in [6.45, 7) is 10.8. The maximum absolute atomic E-state index is 13.0. The number of ether oxygens (including phenoxy) is 1. The van der Waals surface area contributed by atoms with Gasteiger partial charge >= 0.3 is 0 Å². The Morgan fingerprint density at radius 1 is 1.17 bits per heavy atom. The number of fused-ring (bicyclic) bond motifs is 1. The fourth-order valence-electron chi connectivity index (χ4n) is 4.13. The fourth-order valence-corrected chi connectivity index (χ4v) is 4.29. The van der Waals surface area contributed by atoms with Crippen molar-refractivity contribution in [2.75, 3.05) is 25.1 Å². The molecule has 0 spiro atoms. The lowest BCUT2D eigenvalue weighted by molar-refractivity contribution is 0.0373. The highest BCUT2D eigenvalue weighted by Crippen LogP contribution is 2.19. The van der Waals surface area contributed by atoms with Gasteiger partial charge in [0.1, 0.15) is 11.3 Å². The minimum Gasteiger partial charge on any atom is -0.378 e. The predicted molar refractivity (Wildman–Crippen MR) is 145 cm³/mol. The third-order valence-electron chi connectivity index (χ3n) is 6.36. The zero-order valence-corrected chi connectivity index (χ0v) is 22.4. The molecule has 35 heavy (non-hydrogen) atoms. The number of aryl methyl sites for hydroxylation is 1. The van der Waals surface area contributed by atoms with Crippen molar-refractivity contribution in [2.24, 2.45) is 5.92 Å². The molecule has 0 aliphatic carbocycles. The van der Waals surface area contributed by atoms with Crippen molar-refractivity contribution in [3.8, 4) is 0 Å². The summed E-state index contributed by atoms with van der Waals surface area (Å²) < 4.78 is 7.75. The third-order valence-corrected chi connectivity index (χ3v) is 6.59. The highest BCUT2D eigenvalue weighted by Gasteiger charge is 2.18. The van der Waals surface area contributed by atoms with Gasteiger partial charge in [0.25, 0.3) is 5.91 Å². The van der Waals surface area contributed by atoms with E-state index in [-0.39, 0.29) is 5.91 Å². The quantitative estimate of drug-likeness (QED) is 0.307. The summed E-state index contributed by atoms with van der Waals surface area (Å²) in [4.78, 5) is 19.8. The second kappa shape index (κ2) is 12.9. The molecule has 0 aliphatic rings. The van der Waals surface area contributed by atoms with E-state index in [2.05, 4.69) is 67.3 Å². The molecule has 2 heterocycles. The van der Waals surface area contributed by atoms with E-state index in [0.29, 0.717) is 41.4 Å². The molecule has 0 aliphatic heterocycles. The Morgan fingerprint density at radius 3 is 2.60 bits per heavy atom. The standard InChI is InChI=1S/C28H39ClN4O2/c1-6-8-21(4)35-19-20(3)13-15-32(5)24-11-9-22(10-12-24)18-30-28(34)27-25(7-2)31-26-17-23(29)14-16-33(26)27/h9-12,14,16-17,20-21H,6-8,13,15,18-19H2,1-5H3,(H,30,34). The van der Waals surface area contributed by atoms with Gasteiger partial charge in [-0.1, -0.05) is 50.9 Å². The van der Waals surface area contributed by atoms with E-state index in [0.717, 1.165) is 43.7 Å². The topological polar surface area (TPSA) is 58.9 Å². The van der Waals surface area contributed by atoms with Gasteiger partial charge in [0, 0.05) is 49.7 Å². The zero-order valence-electron chi connectivity index (χ0n) is 21.7.